The second-order valence-electron chi connectivity index (χ2n) is 4.18. The maximum absolute atomic E-state index is 12.0. The molecule has 1 aromatic heterocycles. The van der Waals surface area contributed by atoms with Crippen LogP contribution in [0.2, 0.25) is 0 Å². The van der Waals surface area contributed by atoms with E-state index in [1.54, 1.807) is 18.5 Å². The predicted octanol–water partition coefficient (Wildman–Crippen LogP) is 2.79. The number of nitrogens with zero attached hydrogens (tertiary/aromatic N) is 1. The molecule has 0 spiro atoms. The largest absolute Gasteiger partial charge is 0.492 e. The molecule has 5 nitrogen and oxygen atoms in total. The summed E-state index contributed by atoms with van der Waals surface area (Å²) in [4.78, 5) is 16.8. The van der Waals surface area contributed by atoms with Crippen molar-refractivity contribution in [2.45, 2.75) is 11.8 Å². The van der Waals surface area contributed by atoms with Crippen LogP contribution >= 0.6 is 11.8 Å². The number of aromatic nitrogens is 1. The molecule has 110 valence electrons. The summed E-state index contributed by atoms with van der Waals surface area (Å²) in [5.74, 6) is 0.833. The van der Waals surface area contributed by atoms with Crippen LogP contribution in [0.1, 0.15) is 6.92 Å². The molecule has 1 aromatic carbocycles. The highest BCUT2D eigenvalue weighted by molar-refractivity contribution is 8.00. The van der Waals surface area contributed by atoms with E-state index >= 15 is 0 Å². The van der Waals surface area contributed by atoms with Crippen LogP contribution < -0.4 is 15.8 Å². The van der Waals surface area contributed by atoms with E-state index in [4.69, 9.17) is 10.5 Å². The lowest BCUT2D eigenvalue weighted by molar-refractivity contribution is -0.113. The number of para-hydroxylation sites is 2. The fourth-order valence-electron chi connectivity index (χ4n) is 1.71. The number of anilines is 2. The van der Waals surface area contributed by atoms with Gasteiger partial charge in [0.05, 0.1) is 29.9 Å². The Hall–Kier alpha value is -2.21. The Bertz CT molecular complexity index is 619. The van der Waals surface area contributed by atoms with Gasteiger partial charge >= 0.3 is 0 Å². The van der Waals surface area contributed by atoms with E-state index in [0.717, 1.165) is 4.90 Å². The molecule has 0 fully saturated rings. The molecule has 1 amide bonds. The molecule has 2 aromatic rings. The minimum Gasteiger partial charge on any atom is -0.492 e. The highest BCUT2D eigenvalue weighted by Gasteiger charge is 2.09. The van der Waals surface area contributed by atoms with Crippen LogP contribution in [0.25, 0.3) is 0 Å². The van der Waals surface area contributed by atoms with Crippen LogP contribution in [-0.2, 0) is 4.79 Å². The third-order valence-electron chi connectivity index (χ3n) is 2.63. The fourth-order valence-corrected chi connectivity index (χ4v) is 2.44. The first-order valence-corrected chi connectivity index (χ1v) is 7.53. The summed E-state index contributed by atoms with van der Waals surface area (Å²) >= 11 is 1.38. The molecule has 0 bridgehead atoms. The maximum Gasteiger partial charge on any atom is 0.234 e. The van der Waals surface area contributed by atoms with Crippen LogP contribution in [0.5, 0.6) is 5.75 Å². The minimum atomic E-state index is -0.108. The Labute approximate surface area is 127 Å². The standard InChI is InChI=1S/C15H17N3O2S/c1-2-20-13-6-4-3-5-12(13)18-15(19)10-21-14-7-8-17-9-11(14)16/h3-9H,2,10,16H2,1H3,(H,18,19). The third-order valence-corrected chi connectivity index (χ3v) is 3.72. The van der Waals surface area contributed by atoms with Crippen molar-refractivity contribution in [1.82, 2.24) is 4.98 Å². The molecule has 0 aliphatic carbocycles. The Morgan fingerprint density at radius 2 is 2.19 bits per heavy atom. The van der Waals surface area contributed by atoms with Gasteiger partial charge in [0.25, 0.3) is 0 Å². The number of hydrogen-bond donors (Lipinski definition) is 2. The number of nitrogens with two attached hydrogens (primary N) is 1. The topological polar surface area (TPSA) is 77.2 Å². The number of rotatable bonds is 6. The average Bonchev–Trinajstić information content (AvgIpc) is 2.49. The second-order valence-corrected chi connectivity index (χ2v) is 5.20. The number of hydrogen-bond acceptors (Lipinski definition) is 5. The summed E-state index contributed by atoms with van der Waals surface area (Å²) in [6.07, 6.45) is 3.23. The first kappa shape index (κ1) is 15.2. The molecular weight excluding hydrogens is 286 g/mol. The molecule has 0 radical (unpaired) electrons. The number of amides is 1. The number of nitrogen functional groups attached to an aromatic ring is 1. The number of pyridine rings is 1. The first-order chi connectivity index (χ1) is 10.2. The van der Waals surface area contributed by atoms with Gasteiger partial charge in [0.1, 0.15) is 5.75 Å². The Kier molecular flexibility index (Phi) is 5.45. The Balaban J connectivity index is 1.95. The van der Waals surface area contributed by atoms with Crippen molar-refractivity contribution < 1.29 is 9.53 Å². The van der Waals surface area contributed by atoms with Crippen molar-refractivity contribution in [3.05, 3.63) is 42.7 Å². The highest BCUT2D eigenvalue weighted by atomic mass is 32.2. The quantitative estimate of drug-likeness (QED) is 0.802. The molecule has 0 atom stereocenters. The van der Waals surface area contributed by atoms with Gasteiger partial charge in [-0.25, -0.2) is 0 Å². The number of carbonyl (C=O) groups excluding carboxylic acids is 1. The van der Waals surface area contributed by atoms with Gasteiger partial charge in [-0.15, -0.1) is 11.8 Å². The van der Waals surface area contributed by atoms with Gasteiger partial charge in [-0.05, 0) is 25.1 Å². The van der Waals surface area contributed by atoms with E-state index in [1.165, 1.54) is 11.8 Å². The zero-order valence-electron chi connectivity index (χ0n) is 11.7. The van der Waals surface area contributed by atoms with Crippen molar-refractivity contribution >= 4 is 29.0 Å². The molecule has 0 aliphatic heterocycles. The first-order valence-electron chi connectivity index (χ1n) is 6.54. The van der Waals surface area contributed by atoms with Gasteiger partial charge in [0.2, 0.25) is 5.91 Å². The van der Waals surface area contributed by atoms with Crippen molar-refractivity contribution in [3.8, 4) is 5.75 Å². The lowest BCUT2D eigenvalue weighted by Gasteiger charge is -2.11. The molecular formula is C15H17N3O2S. The lowest BCUT2D eigenvalue weighted by atomic mass is 10.3. The van der Waals surface area contributed by atoms with E-state index in [-0.39, 0.29) is 11.7 Å². The van der Waals surface area contributed by atoms with E-state index in [1.807, 2.05) is 31.2 Å². The molecule has 1 heterocycles. The summed E-state index contributed by atoms with van der Waals surface area (Å²) in [5.41, 5.74) is 7.04. The number of benzene rings is 1. The second kappa shape index (κ2) is 7.54. The fraction of sp³-hybridized carbons (Fsp3) is 0.200. The summed E-state index contributed by atoms with van der Waals surface area (Å²) in [6, 6.07) is 9.15. The predicted molar refractivity (Wildman–Crippen MR) is 85.6 cm³/mol. The third kappa shape index (κ3) is 4.39. The number of ether oxygens (including phenoxy) is 1. The summed E-state index contributed by atoms with van der Waals surface area (Å²) in [7, 11) is 0. The summed E-state index contributed by atoms with van der Waals surface area (Å²) < 4.78 is 5.47. The van der Waals surface area contributed by atoms with Gasteiger partial charge in [-0.2, -0.15) is 0 Å². The zero-order chi connectivity index (χ0) is 15.1. The molecule has 6 heteroatoms. The molecule has 0 aliphatic rings. The van der Waals surface area contributed by atoms with E-state index in [0.29, 0.717) is 23.7 Å². The molecule has 0 saturated heterocycles. The van der Waals surface area contributed by atoms with Gasteiger partial charge < -0.3 is 15.8 Å². The normalized spacial score (nSPS) is 10.1. The van der Waals surface area contributed by atoms with Crippen molar-refractivity contribution in [2.24, 2.45) is 0 Å². The van der Waals surface area contributed by atoms with E-state index in [9.17, 15) is 4.79 Å². The zero-order valence-corrected chi connectivity index (χ0v) is 12.5. The van der Waals surface area contributed by atoms with E-state index in [2.05, 4.69) is 10.3 Å². The van der Waals surface area contributed by atoms with Gasteiger partial charge in [-0.3, -0.25) is 9.78 Å². The average molecular weight is 303 g/mol. The number of nitrogens with one attached hydrogen (secondary N) is 1. The molecule has 2 rings (SSSR count). The highest BCUT2D eigenvalue weighted by Crippen LogP contribution is 2.26. The summed E-state index contributed by atoms with van der Waals surface area (Å²) in [6.45, 7) is 2.45. The lowest BCUT2D eigenvalue weighted by Crippen LogP contribution is -2.15. The Morgan fingerprint density at radius 3 is 2.95 bits per heavy atom. The monoisotopic (exact) mass is 303 g/mol. The maximum atomic E-state index is 12.0. The van der Waals surface area contributed by atoms with Crippen molar-refractivity contribution in [3.63, 3.8) is 0 Å². The molecule has 3 N–H and O–H groups in total. The van der Waals surface area contributed by atoms with Crippen LogP contribution in [0, 0.1) is 0 Å². The number of thioether (sulfide) groups is 1. The van der Waals surface area contributed by atoms with Crippen LogP contribution in [0.4, 0.5) is 11.4 Å². The molecule has 0 saturated carbocycles. The van der Waals surface area contributed by atoms with Gasteiger partial charge in [0, 0.05) is 11.1 Å². The Morgan fingerprint density at radius 1 is 1.38 bits per heavy atom. The van der Waals surface area contributed by atoms with Crippen LogP contribution in [0.15, 0.2) is 47.6 Å². The van der Waals surface area contributed by atoms with Crippen LogP contribution in [-0.4, -0.2) is 23.3 Å². The smallest absolute Gasteiger partial charge is 0.234 e. The van der Waals surface area contributed by atoms with Crippen molar-refractivity contribution in [1.29, 1.82) is 0 Å². The van der Waals surface area contributed by atoms with E-state index < -0.39 is 0 Å². The molecule has 0 unspecified atom stereocenters. The number of carbonyl (C=O) groups is 1. The molecule has 21 heavy (non-hydrogen) atoms. The SMILES string of the molecule is CCOc1ccccc1NC(=O)CSc1ccncc1N. The van der Waals surface area contributed by atoms with Crippen LogP contribution in [0.3, 0.4) is 0 Å². The van der Waals surface area contributed by atoms with Crippen molar-refractivity contribution in [2.75, 3.05) is 23.4 Å². The minimum absolute atomic E-state index is 0.108. The summed E-state index contributed by atoms with van der Waals surface area (Å²) in [5, 5.41) is 2.84. The van der Waals surface area contributed by atoms with Gasteiger partial charge in [0.15, 0.2) is 0 Å². The van der Waals surface area contributed by atoms with Gasteiger partial charge in [-0.1, -0.05) is 12.1 Å².